The molecule has 0 radical (unpaired) electrons. The van der Waals surface area contributed by atoms with Gasteiger partial charge in [-0.15, -0.1) is 0 Å². The van der Waals surface area contributed by atoms with Crippen LogP contribution in [0.25, 0.3) is 16.7 Å². The van der Waals surface area contributed by atoms with Crippen molar-refractivity contribution in [2.75, 3.05) is 7.11 Å². The summed E-state index contributed by atoms with van der Waals surface area (Å²) in [6.45, 7) is 0.669. The Labute approximate surface area is 154 Å². The van der Waals surface area contributed by atoms with Gasteiger partial charge < -0.3 is 9.47 Å². The first kappa shape index (κ1) is 17.5. The van der Waals surface area contributed by atoms with Crippen LogP contribution in [0, 0.1) is 3.70 Å². The highest BCUT2D eigenvalue weighted by atomic mass is 127. The van der Waals surface area contributed by atoms with Crippen LogP contribution in [0.5, 0.6) is 5.75 Å². The van der Waals surface area contributed by atoms with Crippen molar-refractivity contribution < 1.29 is 23.0 Å². The van der Waals surface area contributed by atoms with Gasteiger partial charge in [-0.3, -0.25) is 0 Å². The fourth-order valence-electron chi connectivity index (χ4n) is 2.32. The largest absolute Gasteiger partial charge is 0.465 e. The van der Waals surface area contributed by atoms with Crippen molar-refractivity contribution >= 4 is 39.6 Å². The van der Waals surface area contributed by atoms with Gasteiger partial charge in [-0.25, -0.2) is 14.5 Å². The summed E-state index contributed by atoms with van der Waals surface area (Å²) in [5, 5.41) is 4.95. The summed E-state index contributed by atoms with van der Waals surface area (Å²) in [6, 6.07) is 7.54. The lowest BCUT2D eigenvalue weighted by Crippen LogP contribution is -2.19. The standard InChI is InChI=1S/C16H12F2IN3O3/c1-16(17,18)25-10-5-3-9(4-6-10)22-14-12(13(19)21-22)11(7-8-20-14)15(23)24-2/h3-8H,1-2H3. The highest BCUT2D eigenvalue weighted by Crippen LogP contribution is 2.27. The van der Waals surface area contributed by atoms with E-state index >= 15 is 0 Å². The van der Waals surface area contributed by atoms with Crippen LogP contribution in [0.2, 0.25) is 0 Å². The molecule has 0 fully saturated rings. The van der Waals surface area contributed by atoms with E-state index in [2.05, 4.69) is 14.8 Å². The summed E-state index contributed by atoms with van der Waals surface area (Å²) in [7, 11) is 1.30. The molecule has 0 aliphatic carbocycles. The van der Waals surface area contributed by atoms with Crippen LogP contribution in [0.15, 0.2) is 36.5 Å². The molecule has 130 valence electrons. The maximum absolute atomic E-state index is 12.9. The van der Waals surface area contributed by atoms with E-state index in [-0.39, 0.29) is 5.75 Å². The average Bonchev–Trinajstić information content (AvgIpc) is 2.90. The minimum Gasteiger partial charge on any atom is -0.465 e. The van der Waals surface area contributed by atoms with Crippen LogP contribution in [-0.4, -0.2) is 34.0 Å². The van der Waals surface area contributed by atoms with E-state index in [4.69, 9.17) is 4.74 Å². The zero-order valence-electron chi connectivity index (χ0n) is 13.2. The number of hydrogen-bond donors (Lipinski definition) is 0. The van der Waals surface area contributed by atoms with E-state index in [1.54, 1.807) is 18.2 Å². The van der Waals surface area contributed by atoms with E-state index in [9.17, 15) is 13.6 Å². The van der Waals surface area contributed by atoms with E-state index in [1.165, 1.54) is 30.1 Å². The Morgan fingerprint density at radius 1 is 1.24 bits per heavy atom. The predicted molar refractivity (Wildman–Crippen MR) is 94.2 cm³/mol. The summed E-state index contributed by atoms with van der Waals surface area (Å²) in [6.07, 6.45) is -1.77. The quantitative estimate of drug-likeness (QED) is 0.439. The van der Waals surface area contributed by atoms with Gasteiger partial charge in [-0.1, -0.05) is 0 Å². The van der Waals surface area contributed by atoms with Gasteiger partial charge in [0.1, 0.15) is 9.45 Å². The Morgan fingerprint density at radius 2 is 1.92 bits per heavy atom. The maximum Gasteiger partial charge on any atom is 0.394 e. The zero-order valence-corrected chi connectivity index (χ0v) is 15.3. The minimum absolute atomic E-state index is 0.0330. The molecule has 0 spiro atoms. The lowest BCUT2D eigenvalue weighted by Gasteiger charge is -2.13. The number of aromatic nitrogens is 3. The number of esters is 1. The first-order valence-electron chi connectivity index (χ1n) is 7.09. The Morgan fingerprint density at radius 3 is 2.52 bits per heavy atom. The molecule has 25 heavy (non-hydrogen) atoms. The number of rotatable bonds is 4. The molecule has 6 nitrogen and oxygen atoms in total. The number of ether oxygens (including phenoxy) is 2. The molecule has 0 N–H and O–H groups in total. The lowest BCUT2D eigenvalue weighted by molar-refractivity contribution is -0.158. The number of carbonyl (C=O) groups excluding carboxylic acids is 1. The topological polar surface area (TPSA) is 66.2 Å². The van der Waals surface area contributed by atoms with Crippen LogP contribution >= 0.6 is 22.6 Å². The van der Waals surface area contributed by atoms with Gasteiger partial charge in [0.25, 0.3) is 0 Å². The fraction of sp³-hybridized carbons (Fsp3) is 0.188. The molecule has 3 rings (SSSR count). The zero-order chi connectivity index (χ0) is 18.2. The highest BCUT2D eigenvalue weighted by molar-refractivity contribution is 14.1. The Bertz CT molecular complexity index is 936. The Hall–Kier alpha value is -2.30. The average molecular weight is 459 g/mol. The van der Waals surface area contributed by atoms with Crippen molar-refractivity contribution in [3.63, 3.8) is 0 Å². The number of nitrogens with zero attached hydrogens (tertiary/aromatic N) is 3. The molecule has 0 atom stereocenters. The summed E-state index contributed by atoms with van der Waals surface area (Å²) in [4.78, 5) is 16.2. The van der Waals surface area contributed by atoms with Crippen molar-refractivity contribution in [3.05, 3.63) is 45.8 Å². The summed E-state index contributed by atoms with van der Waals surface area (Å²) >= 11 is 2.00. The monoisotopic (exact) mass is 459 g/mol. The maximum atomic E-state index is 12.9. The third kappa shape index (κ3) is 3.55. The number of benzene rings is 1. The molecule has 9 heteroatoms. The molecular formula is C16H12F2IN3O3. The molecule has 0 aliphatic rings. The third-order valence-electron chi connectivity index (χ3n) is 3.31. The number of carbonyl (C=O) groups is 1. The first-order valence-corrected chi connectivity index (χ1v) is 8.17. The van der Waals surface area contributed by atoms with Gasteiger partial charge in [0, 0.05) is 13.1 Å². The Balaban J connectivity index is 2.06. The molecular weight excluding hydrogens is 447 g/mol. The van der Waals surface area contributed by atoms with Crippen molar-refractivity contribution in [2.45, 2.75) is 13.0 Å². The molecule has 0 saturated heterocycles. The Kier molecular flexibility index (Phi) is 4.58. The van der Waals surface area contributed by atoms with Crippen molar-refractivity contribution in [3.8, 4) is 11.4 Å². The summed E-state index contributed by atoms with van der Waals surface area (Å²) < 4.78 is 37.2. The normalized spacial score (nSPS) is 11.6. The van der Waals surface area contributed by atoms with Crippen LogP contribution in [0.4, 0.5) is 8.78 Å². The molecule has 1 aromatic carbocycles. The van der Waals surface area contributed by atoms with Gasteiger partial charge in [-0.05, 0) is 52.9 Å². The number of fused-ring (bicyclic) bond motifs is 1. The van der Waals surface area contributed by atoms with Crippen LogP contribution in [-0.2, 0) is 4.74 Å². The van der Waals surface area contributed by atoms with Gasteiger partial charge in [0.05, 0.1) is 23.7 Å². The second-order valence-electron chi connectivity index (χ2n) is 5.16. The second-order valence-corrected chi connectivity index (χ2v) is 6.18. The minimum atomic E-state index is -3.26. The van der Waals surface area contributed by atoms with Crippen molar-refractivity contribution in [2.24, 2.45) is 0 Å². The molecule has 2 aromatic heterocycles. The number of pyridine rings is 1. The summed E-state index contributed by atoms with van der Waals surface area (Å²) in [5.41, 5.74) is 1.41. The van der Waals surface area contributed by atoms with Crippen molar-refractivity contribution in [1.29, 1.82) is 0 Å². The van der Waals surface area contributed by atoms with Gasteiger partial charge in [-0.2, -0.15) is 13.9 Å². The lowest BCUT2D eigenvalue weighted by atomic mass is 10.2. The van der Waals surface area contributed by atoms with Crippen LogP contribution < -0.4 is 4.74 Å². The van der Waals surface area contributed by atoms with Gasteiger partial charge in [0.2, 0.25) is 0 Å². The number of halogens is 3. The highest BCUT2D eigenvalue weighted by Gasteiger charge is 2.23. The number of methoxy groups -OCH3 is 1. The fourth-order valence-corrected chi connectivity index (χ4v) is 3.07. The smallest absolute Gasteiger partial charge is 0.394 e. The van der Waals surface area contributed by atoms with Crippen molar-refractivity contribution in [1.82, 2.24) is 14.8 Å². The predicted octanol–water partition coefficient (Wildman–Crippen LogP) is 3.80. The van der Waals surface area contributed by atoms with Gasteiger partial charge in [0.15, 0.2) is 5.65 Å². The molecule has 0 saturated carbocycles. The summed E-state index contributed by atoms with van der Waals surface area (Å²) in [5.74, 6) is -0.454. The molecule has 0 aliphatic heterocycles. The molecule has 0 unspecified atom stereocenters. The van der Waals surface area contributed by atoms with E-state index in [0.29, 0.717) is 32.9 Å². The molecule has 0 bridgehead atoms. The molecule has 3 aromatic rings. The van der Waals surface area contributed by atoms with Crippen LogP contribution in [0.1, 0.15) is 17.3 Å². The molecule has 0 amide bonds. The number of hydrogen-bond acceptors (Lipinski definition) is 5. The van der Waals surface area contributed by atoms with Crippen LogP contribution in [0.3, 0.4) is 0 Å². The van der Waals surface area contributed by atoms with Gasteiger partial charge >= 0.3 is 12.1 Å². The first-order chi connectivity index (χ1) is 11.8. The van der Waals surface area contributed by atoms with E-state index in [0.717, 1.165) is 0 Å². The SMILES string of the molecule is COC(=O)c1ccnc2c1c(I)nn2-c1ccc(OC(C)(F)F)cc1. The van der Waals surface area contributed by atoms with E-state index in [1.807, 2.05) is 22.6 Å². The number of alkyl halides is 2. The van der Waals surface area contributed by atoms with E-state index < -0.39 is 12.1 Å². The third-order valence-corrected chi connectivity index (χ3v) is 4.06. The molecule has 2 heterocycles. The second kappa shape index (κ2) is 6.54.